The van der Waals surface area contributed by atoms with E-state index in [4.69, 9.17) is 4.84 Å². The molecule has 1 aromatic rings. The van der Waals surface area contributed by atoms with E-state index < -0.39 is 9.84 Å². The summed E-state index contributed by atoms with van der Waals surface area (Å²) in [5.41, 5.74) is 4.72. The second kappa shape index (κ2) is 4.99. The topological polar surface area (TPSA) is 79.5 Å². The van der Waals surface area contributed by atoms with Crippen molar-refractivity contribution in [2.45, 2.75) is 12.8 Å². The van der Waals surface area contributed by atoms with Gasteiger partial charge in [-0.2, -0.15) is 0 Å². The molecule has 0 bridgehead atoms. The van der Waals surface area contributed by atoms with E-state index in [-0.39, 0.29) is 18.0 Å². The lowest BCUT2D eigenvalue weighted by Gasteiger charge is -2.28. The molecule has 7 heteroatoms. The molecule has 6 nitrogen and oxygen atoms in total. The molecule has 3 rings (SSSR count). The third-order valence-electron chi connectivity index (χ3n) is 3.42. The molecule has 19 heavy (non-hydrogen) atoms. The Morgan fingerprint density at radius 1 is 1.32 bits per heavy atom. The van der Waals surface area contributed by atoms with E-state index >= 15 is 0 Å². The van der Waals surface area contributed by atoms with Gasteiger partial charge < -0.3 is 5.32 Å². The first-order chi connectivity index (χ1) is 9.12. The number of benzene rings is 1. The van der Waals surface area contributed by atoms with Crippen LogP contribution in [-0.4, -0.2) is 32.8 Å². The molecule has 1 fully saturated rings. The lowest BCUT2D eigenvalue weighted by molar-refractivity contribution is 0.0850. The van der Waals surface area contributed by atoms with E-state index in [1.165, 1.54) is 0 Å². The molecule has 0 radical (unpaired) electrons. The maximum atomic E-state index is 11.4. The number of para-hydroxylation sites is 2. The summed E-state index contributed by atoms with van der Waals surface area (Å²) < 4.78 is 22.7. The third-order valence-corrected chi connectivity index (χ3v) is 5.26. The molecule has 2 aliphatic rings. The van der Waals surface area contributed by atoms with E-state index in [1.54, 1.807) is 0 Å². The number of sulfone groups is 1. The maximum absolute atomic E-state index is 11.4. The normalized spacial score (nSPS) is 28.2. The largest absolute Gasteiger partial charge is 0.344 e. The summed E-state index contributed by atoms with van der Waals surface area (Å²) in [5, 5.41) is 6.38. The summed E-state index contributed by atoms with van der Waals surface area (Å²) in [6.45, 7) is 0.626. The van der Waals surface area contributed by atoms with Gasteiger partial charge in [0.2, 0.25) is 6.35 Å². The highest BCUT2D eigenvalue weighted by molar-refractivity contribution is 7.91. The zero-order chi connectivity index (χ0) is 13.3. The van der Waals surface area contributed by atoms with Crippen molar-refractivity contribution >= 4 is 21.2 Å². The van der Waals surface area contributed by atoms with Crippen molar-refractivity contribution in [3.8, 4) is 0 Å². The van der Waals surface area contributed by atoms with Crippen molar-refractivity contribution < 1.29 is 13.3 Å². The minimum atomic E-state index is -2.81. The number of rotatable bonds is 3. The van der Waals surface area contributed by atoms with Gasteiger partial charge in [-0.05, 0) is 24.5 Å². The molecule has 2 atom stereocenters. The summed E-state index contributed by atoms with van der Waals surface area (Å²) in [6, 6.07) is 7.75. The van der Waals surface area contributed by atoms with Crippen molar-refractivity contribution in [2.75, 3.05) is 28.8 Å². The summed E-state index contributed by atoms with van der Waals surface area (Å²) in [5.74, 6) is 0.753. The smallest absolute Gasteiger partial charge is 0.209 e. The Morgan fingerprint density at radius 2 is 2.11 bits per heavy atom. The minimum absolute atomic E-state index is 0.174. The minimum Gasteiger partial charge on any atom is -0.344 e. The van der Waals surface area contributed by atoms with Gasteiger partial charge in [-0.25, -0.2) is 13.3 Å². The Bertz CT molecular complexity index is 561. The fourth-order valence-corrected chi connectivity index (χ4v) is 4.25. The molecule has 2 heterocycles. The van der Waals surface area contributed by atoms with Crippen LogP contribution in [0.25, 0.3) is 0 Å². The van der Waals surface area contributed by atoms with Crippen LogP contribution in [0.4, 0.5) is 11.4 Å². The fraction of sp³-hybridized carbons (Fsp3) is 0.500. The van der Waals surface area contributed by atoms with Crippen molar-refractivity contribution in [1.29, 1.82) is 0 Å². The second-order valence-electron chi connectivity index (χ2n) is 4.97. The van der Waals surface area contributed by atoms with Crippen LogP contribution >= 0.6 is 0 Å². The van der Waals surface area contributed by atoms with E-state index in [0.717, 1.165) is 17.8 Å². The van der Waals surface area contributed by atoms with Crippen LogP contribution in [0.15, 0.2) is 24.3 Å². The number of hydrogen-bond acceptors (Lipinski definition) is 6. The van der Waals surface area contributed by atoms with Crippen molar-refractivity contribution in [1.82, 2.24) is 5.32 Å². The van der Waals surface area contributed by atoms with Crippen molar-refractivity contribution in [3.05, 3.63) is 24.3 Å². The first-order valence-electron chi connectivity index (χ1n) is 6.33. The Balaban J connectivity index is 1.53. The molecule has 0 saturated carbocycles. The molecule has 1 aromatic carbocycles. The summed E-state index contributed by atoms with van der Waals surface area (Å²) in [4.78, 5) is 5.39. The molecule has 0 unspecified atom stereocenters. The van der Waals surface area contributed by atoms with Crippen LogP contribution in [0.2, 0.25) is 0 Å². The van der Waals surface area contributed by atoms with Gasteiger partial charge in [0, 0.05) is 6.54 Å². The van der Waals surface area contributed by atoms with E-state index in [2.05, 4.69) is 16.1 Å². The Kier molecular flexibility index (Phi) is 3.34. The summed E-state index contributed by atoms with van der Waals surface area (Å²) in [7, 11) is -2.81. The first-order valence-corrected chi connectivity index (χ1v) is 8.15. The quantitative estimate of drug-likeness (QED) is 0.760. The molecule has 0 aliphatic carbocycles. The predicted molar refractivity (Wildman–Crippen MR) is 73.3 cm³/mol. The van der Waals surface area contributed by atoms with E-state index in [0.29, 0.717) is 12.3 Å². The molecule has 104 valence electrons. The molecular weight excluding hydrogens is 266 g/mol. The Morgan fingerprint density at radius 3 is 2.84 bits per heavy atom. The molecule has 0 aromatic heterocycles. The van der Waals surface area contributed by atoms with E-state index in [1.807, 2.05) is 24.3 Å². The molecule has 0 spiro atoms. The van der Waals surface area contributed by atoms with Crippen LogP contribution in [0.5, 0.6) is 0 Å². The van der Waals surface area contributed by atoms with Gasteiger partial charge in [-0.3, -0.25) is 10.8 Å². The number of fused-ring (bicyclic) bond motifs is 1. The number of hydrogen-bond donors (Lipinski definition) is 3. The number of nitrogens with one attached hydrogen (secondary N) is 3. The van der Waals surface area contributed by atoms with Gasteiger partial charge in [0.05, 0.1) is 22.9 Å². The SMILES string of the molecule is O=S1(=O)CC[C@@H](CN[C@@H]2Nc3ccccc3NO2)C1. The zero-order valence-electron chi connectivity index (χ0n) is 10.4. The van der Waals surface area contributed by atoms with Crippen molar-refractivity contribution in [3.63, 3.8) is 0 Å². The second-order valence-corrected chi connectivity index (χ2v) is 7.20. The molecule has 1 saturated heterocycles. The van der Waals surface area contributed by atoms with Gasteiger partial charge in [0.15, 0.2) is 9.84 Å². The fourth-order valence-electron chi connectivity index (χ4n) is 2.39. The van der Waals surface area contributed by atoms with Crippen LogP contribution in [-0.2, 0) is 14.7 Å². The van der Waals surface area contributed by atoms with Gasteiger partial charge in [0.25, 0.3) is 0 Å². The third kappa shape index (κ3) is 2.99. The molecule has 0 amide bonds. The standard InChI is InChI=1S/C12H17N3O3S/c16-19(17)6-5-9(8-19)7-13-12-14-10-3-1-2-4-11(10)15-18-12/h1-4,9,12-15H,5-8H2/t9-,12+/m0/s1. The highest BCUT2D eigenvalue weighted by atomic mass is 32.2. The average Bonchev–Trinajstić information content (AvgIpc) is 2.76. The first kappa shape index (κ1) is 12.7. The zero-order valence-corrected chi connectivity index (χ0v) is 11.2. The van der Waals surface area contributed by atoms with Crippen molar-refractivity contribution in [2.24, 2.45) is 5.92 Å². The van der Waals surface area contributed by atoms with Crippen LogP contribution in [0.1, 0.15) is 6.42 Å². The Labute approximate surface area is 112 Å². The summed E-state index contributed by atoms with van der Waals surface area (Å²) in [6.07, 6.45) is 0.379. The van der Waals surface area contributed by atoms with Gasteiger partial charge >= 0.3 is 0 Å². The maximum Gasteiger partial charge on any atom is 0.209 e. The van der Waals surface area contributed by atoms with E-state index in [9.17, 15) is 8.42 Å². The lowest BCUT2D eigenvalue weighted by Crippen LogP contribution is -2.44. The molecule has 3 N–H and O–H groups in total. The van der Waals surface area contributed by atoms with Crippen LogP contribution in [0.3, 0.4) is 0 Å². The molecular formula is C12H17N3O3S. The molecule has 2 aliphatic heterocycles. The highest BCUT2D eigenvalue weighted by Gasteiger charge is 2.28. The van der Waals surface area contributed by atoms with Gasteiger partial charge in [-0.15, -0.1) is 0 Å². The average molecular weight is 283 g/mol. The predicted octanol–water partition coefficient (Wildman–Crippen LogP) is 0.763. The monoisotopic (exact) mass is 283 g/mol. The van der Waals surface area contributed by atoms with Crippen LogP contribution < -0.4 is 16.1 Å². The highest BCUT2D eigenvalue weighted by Crippen LogP contribution is 2.25. The Hall–Kier alpha value is -1.31. The van der Waals surface area contributed by atoms with Gasteiger partial charge in [-0.1, -0.05) is 12.1 Å². The number of anilines is 2. The lowest BCUT2D eigenvalue weighted by atomic mass is 10.1. The summed E-state index contributed by atoms with van der Waals surface area (Å²) >= 11 is 0. The van der Waals surface area contributed by atoms with Crippen LogP contribution in [0, 0.1) is 5.92 Å². The van der Waals surface area contributed by atoms with Gasteiger partial charge in [0.1, 0.15) is 0 Å².